The average molecular weight is 628 g/mol. The van der Waals surface area contributed by atoms with Crippen LogP contribution in [0.1, 0.15) is 41.7 Å². The number of para-hydroxylation sites is 1. The largest absolute Gasteiger partial charge is 0.494 e. The van der Waals surface area contributed by atoms with E-state index in [9.17, 15) is 10.1 Å². The fourth-order valence-corrected chi connectivity index (χ4v) is 8.24. The Kier molecular flexibility index (Phi) is 6.51. The number of fused-ring (bicyclic) bond motifs is 4. The predicted octanol–water partition coefficient (Wildman–Crippen LogP) is 4.44. The second kappa shape index (κ2) is 10.8. The van der Waals surface area contributed by atoms with Gasteiger partial charge in [0, 0.05) is 79.6 Å². The summed E-state index contributed by atoms with van der Waals surface area (Å²) in [6.07, 6.45) is 7.73. The topological polar surface area (TPSA) is 131 Å². The lowest BCUT2D eigenvalue weighted by molar-refractivity contribution is 0.0700. The van der Waals surface area contributed by atoms with Gasteiger partial charge in [0.1, 0.15) is 17.3 Å². The molecule has 11 heteroatoms. The van der Waals surface area contributed by atoms with Crippen molar-refractivity contribution in [3.8, 4) is 23.3 Å². The fourth-order valence-electron chi connectivity index (χ4n) is 8.24. The van der Waals surface area contributed by atoms with Crippen LogP contribution in [0.3, 0.4) is 0 Å². The molecular weight excluding hydrogens is 590 g/mol. The first-order valence-electron chi connectivity index (χ1n) is 16.7. The Labute approximate surface area is 272 Å². The molecule has 4 fully saturated rings. The van der Waals surface area contributed by atoms with E-state index in [1.165, 1.54) is 23.7 Å². The minimum absolute atomic E-state index is 0.00120. The van der Waals surface area contributed by atoms with Gasteiger partial charge in [0.25, 0.3) is 5.91 Å². The minimum atomic E-state index is -0.00120. The number of hydrogen-bond acceptors (Lipinski definition) is 8. The molecular formula is C36H37N9O2. The summed E-state index contributed by atoms with van der Waals surface area (Å²) in [5, 5.41) is 10.8. The van der Waals surface area contributed by atoms with E-state index < -0.39 is 0 Å². The Bertz CT molecular complexity index is 2080. The molecule has 3 atom stereocenters. The van der Waals surface area contributed by atoms with Crippen molar-refractivity contribution in [3.63, 3.8) is 0 Å². The summed E-state index contributed by atoms with van der Waals surface area (Å²) in [5.74, 6) is 3.47. The van der Waals surface area contributed by atoms with Gasteiger partial charge in [0.2, 0.25) is 0 Å². The maximum atomic E-state index is 13.9. The van der Waals surface area contributed by atoms with Crippen LogP contribution in [-0.2, 0) is 13.1 Å². The van der Waals surface area contributed by atoms with E-state index in [-0.39, 0.29) is 23.9 Å². The molecule has 2 N–H and O–H groups in total. The highest BCUT2D eigenvalue weighted by molar-refractivity contribution is 6.00. The van der Waals surface area contributed by atoms with E-state index in [2.05, 4.69) is 60.4 Å². The van der Waals surface area contributed by atoms with Crippen LogP contribution >= 0.6 is 0 Å². The van der Waals surface area contributed by atoms with E-state index in [1.807, 2.05) is 17.0 Å². The maximum absolute atomic E-state index is 13.9. The van der Waals surface area contributed by atoms with Gasteiger partial charge in [-0.1, -0.05) is 18.2 Å². The van der Waals surface area contributed by atoms with Crippen molar-refractivity contribution in [1.82, 2.24) is 29.0 Å². The number of nitrogens with zero attached hydrogens (tertiary/aromatic N) is 8. The average Bonchev–Trinajstić information content (AvgIpc) is 3.44. The molecule has 5 heterocycles. The quantitative estimate of drug-likeness (QED) is 0.267. The van der Waals surface area contributed by atoms with Crippen molar-refractivity contribution < 1.29 is 9.53 Å². The molecule has 0 radical (unpaired) electrons. The van der Waals surface area contributed by atoms with Gasteiger partial charge in [-0.25, -0.2) is 15.0 Å². The first-order chi connectivity index (χ1) is 23.0. The first-order valence-corrected chi connectivity index (χ1v) is 16.7. The van der Waals surface area contributed by atoms with E-state index in [0.29, 0.717) is 47.8 Å². The lowest BCUT2D eigenvalue weighted by atomic mass is 9.99. The first kappa shape index (κ1) is 28.3. The van der Waals surface area contributed by atoms with Crippen LogP contribution in [0, 0.1) is 29.1 Å². The molecule has 238 valence electrons. The van der Waals surface area contributed by atoms with E-state index in [4.69, 9.17) is 15.5 Å². The molecule has 1 amide bonds. The third-order valence-corrected chi connectivity index (χ3v) is 10.8. The molecule has 3 aromatic heterocycles. The van der Waals surface area contributed by atoms with Crippen molar-refractivity contribution >= 4 is 33.7 Å². The monoisotopic (exact) mass is 627 g/mol. The van der Waals surface area contributed by atoms with Crippen molar-refractivity contribution in [2.45, 2.75) is 50.9 Å². The van der Waals surface area contributed by atoms with Crippen molar-refractivity contribution in [1.29, 1.82) is 5.26 Å². The van der Waals surface area contributed by atoms with Crippen molar-refractivity contribution in [2.24, 2.45) is 23.5 Å². The molecule has 47 heavy (non-hydrogen) atoms. The van der Waals surface area contributed by atoms with Gasteiger partial charge in [-0.3, -0.25) is 4.79 Å². The molecule has 2 unspecified atom stereocenters. The lowest BCUT2D eigenvalue weighted by Gasteiger charge is -2.40. The number of methoxy groups -OCH3 is 1. The van der Waals surface area contributed by atoms with Gasteiger partial charge < -0.3 is 29.4 Å². The number of rotatable bonds is 8. The Morgan fingerprint density at radius 3 is 2.55 bits per heavy atom. The van der Waals surface area contributed by atoms with Crippen LogP contribution in [0.25, 0.3) is 33.5 Å². The summed E-state index contributed by atoms with van der Waals surface area (Å²) in [4.78, 5) is 32.0. The molecule has 2 aromatic carbocycles. The summed E-state index contributed by atoms with van der Waals surface area (Å²) in [7, 11) is 1.67. The minimum Gasteiger partial charge on any atom is -0.494 e. The predicted molar refractivity (Wildman–Crippen MR) is 178 cm³/mol. The third-order valence-electron chi connectivity index (χ3n) is 10.8. The number of amides is 1. The Morgan fingerprint density at radius 1 is 1.00 bits per heavy atom. The summed E-state index contributed by atoms with van der Waals surface area (Å²) in [6, 6.07) is 16.9. The molecule has 4 aliphatic rings. The number of anilines is 1. The number of ether oxygens (including phenoxy) is 1. The molecule has 11 nitrogen and oxygen atoms in total. The highest BCUT2D eigenvalue weighted by Crippen LogP contribution is 2.41. The van der Waals surface area contributed by atoms with Gasteiger partial charge in [0.05, 0.1) is 18.3 Å². The van der Waals surface area contributed by atoms with Gasteiger partial charge in [0.15, 0.2) is 17.3 Å². The van der Waals surface area contributed by atoms with Crippen LogP contribution in [0.2, 0.25) is 0 Å². The summed E-state index contributed by atoms with van der Waals surface area (Å²) in [6.45, 7) is 3.85. The summed E-state index contributed by atoms with van der Waals surface area (Å²) >= 11 is 0. The zero-order valence-corrected chi connectivity index (χ0v) is 26.4. The third kappa shape index (κ3) is 4.57. The van der Waals surface area contributed by atoms with Crippen LogP contribution in [0.4, 0.5) is 5.82 Å². The fraction of sp³-hybridized carbons (Fsp3) is 0.417. The number of hydrogen-bond donors (Lipinski definition) is 1. The van der Waals surface area contributed by atoms with Crippen LogP contribution in [0.15, 0.2) is 54.9 Å². The normalized spacial score (nSPS) is 22.3. The number of benzene rings is 2. The molecule has 2 saturated carbocycles. The van der Waals surface area contributed by atoms with Crippen LogP contribution < -0.4 is 15.4 Å². The van der Waals surface area contributed by atoms with E-state index in [0.717, 1.165) is 55.0 Å². The van der Waals surface area contributed by atoms with E-state index >= 15 is 0 Å². The van der Waals surface area contributed by atoms with Gasteiger partial charge in [-0.05, 0) is 61.8 Å². The molecule has 2 bridgehead atoms. The number of imidazole rings is 1. The van der Waals surface area contributed by atoms with Crippen molar-refractivity contribution in [3.05, 3.63) is 66.1 Å². The summed E-state index contributed by atoms with van der Waals surface area (Å²) in [5.41, 5.74) is 11.3. The Morgan fingerprint density at radius 2 is 1.81 bits per heavy atom. The zero-order chi connectivity index (χ0) is 31.8. The number of nitriles is 1. The molecule has 0 spiro atoms. The Balaban J connectivity index is 1.14. The molecule has 2 aliphatic heterocycles. The highest BCUT2D eigenvalue weighted by Gasteiger charge is 2.47. The number of carbonyl (C=O) groups is 1. The van der Waals surface area contributed by atoms with Gasteiger partial charge in [-0.15, -0.1) is 0 Å². The smallest absolute Gasteiger partial charge is 0.254 e. The lowest BCUT2D eigenvalue weighted by Crippen LogP contribution is -2.49. The van der Waals surface area contributed by atoms with Crippen molar-refractivity contribution in [2.75, 3.05) is 31.6 Å². The van der Waals surface area contributed by atoms with Crippen LogP contribution in [0.5, 0.6) is 5.75 Å². The number of piperidine rings is 1. The number of nitrogens with two attached hydrogens (primary N) is 1. The van der Waals surface area contributed by atoms with Crippen LogP contribution in [-0.4, -0.2) is 73.7 Å². The van der Waals surface area contributed by atoms with E-state index in [1.54, 1.807) is 19.5 Å². The summed E-state index contributed by atoms with van der Waals surface area (Å²) < 4.78 is 10.8. The zero-order valence-electron chi connectivity index (χ0n) is 26.4. The number of carbonyl (C=O) groups excluding carboxylic acids is 1. The number of aromatic nitrogens is 5. The standard InChI is InChI=1S/C36H37N9O2/c1-47-31-14-25(36(46)44-20-24-8-9-29(44)32(24)38)12-26-33(31)45(19-22-16-42(17-22)34-27(15-37)39-10-11-40-34)35(41-26)30-13-23-4-2-3-5-28(23)43(30)18-21-6-7-21/h2-5,10-14,21-22,24,29,32H,6-9,16-20,38H2,1H3/t24?,29?,32-/m1/s1. The Hall–Kier alpha value is -4.95. The van der Waals surface area contributed by atoms with Gasteiger partial charge in [-0.2, -0.15) is 5.26 Å². The SMILES string of the molecule is COc1cc(C(=O)N2CC3CCC2[C@@H]3N)cc2nc(-c3cc4ccccc4n3CC3CC3)n(CC3CN(c4nccnc4C#N)C3)c12. The van der Waals surface area contributed by atoms with Gasteiger partial charge >= 0.3 is 0 Å². The second-order valence-electron chi connectivity index (χ2n) is 13.8. The highest BCUT2D eigenvalue weighted by atomic mass is 16.5. The molecule has 2 aliphatic carbocycles. The molecule has 9 rings (SSSR count). The maximum Gasteiger partial charge on any atom is 0.254 e. The molecule has 2 saturated heterocycles. The molecule has 5 aromatic rings. The second-order valence-corrected chi connectivity index (χ2v) is 13.8. The number of likely N-dealkylation sites (tertiary alicyclic amines) is 1.